The summed E-state index contributed by atoms with van der Waals surface area (Å²) in [4.78, 5) is 29.0. The quantitative estimate of drug-likeness (QED) is 0.857. The first-order valence-corrected chi connectivity index (χ1v) is 6.36. The molecule has 0 aliphatic rings. The predicted octanol–water partition coefficient (Wildman–Crippen LogP) is 1.33. The summed E-state index contributed by atoms with van der Waals surface area (Å²) in [6.45, 7) is 2.01. The molecule has 0 unspecified atom stereocenters. The number of nitrogens with zero attached hydrogens (tertiary/aromatic N) is 2. The van der Waals surface area contributed by atoms with Gasteiger partial charge in [-0.3, -0.25) is 15.0 Å². The SMILES string of the molecule is CCc1cc2c(=O)n(NC(=O)CCl)cnc2s1. The Morgan fingerprint density at radius 3 is 3.06 bits per heavy atom. The van der Waals surface area contributed by atoms with Gasteiger partial charge < -0.3 is 0 Å². The summed E-state index contributed by atoms with van der Waals surface area (Å²) >= 11 is 6.83. The Hall–Kier alpha value is -1.40. The van der Waals surface area contributed by atoms with Crippen molar-refractivity contribution in [1.82, 2.24) is 9.66 Å². The summed E-state index contributed by atoms with van der Waals surface area (Å²) < 4.78 is 1.05. The van der Waals surface area contributed by atoms with E-state index in [2.05, 4.69) is 10.4 Å². The predicted molar refractivity (Wildman–Crippen MR) is 68.3 cm³/mol. The molecule has 90 valence electrons. The van der Waals surface area contributed by atoms with E-state index in [1.54, 1.807) is 6.07 Å². The Kier molecular flexibility index (Phi) is 3.44. The molecule has 0 radical (unpaired) electrons. The van der Waals surface area contributed by atoms with Gasteiger partial charge >= 0.3 is 0 Å². The minimum Gasteiger partial charge on any atom is -0.272 e. The number of aryl methyl sites for hydroxylation is 1. The molecule has 0 aromatic carbocycles. The highest BCUT2D eigenvalue weighted by Gasteiger charge is 2.09. The molecule has 2 aromatic heterocycles. The van der Waals surface area contributed by atoms with Gasteiger partial charge in [-0.1, -0.05) is 6.92 Å². The molecule has 0 atom stereocenters. The van der Waals surface area contributed by atoms with Gasteiger partial charge in [-0.05, 0) is 12.5 Å². The van der Waals surface area contributed by atoms with Gasteiger partial charge in [0, 0.05) is 4.88 Å². The van der Waals surface area contributed by atoms with Crippen molar-refractivity contribution in [2.24, 2.45) is 0 Å². The minimum atomic E-state index is -0.444. The molecule has 1 amide bonds. The lowest BCUT2D eigenvalue weighted by atomic mass is 10.3. The van der Waals surface area contributed by atoms with Crippen LogP contribution in [0.3, 0.4) is 0 Å². The number of nitrogens with one attached hydrogen (secondary N) is 1. The summed E-state index contributed by atoms with van der Waals surface area (Å²) in [6.07, 6.45) is 2.15. The Balaban J connectivity index is 2.49. The van der Waals surface area contributed by atoms with Crippen molar-refractivity contribution in [3.05, 3.63) is 27.6 Å². The molecular formula is C10H10ClN3O2S. The van der Waals surface area contributed by atoms with E-state index in [9.17, 15) is 9.59 Å². The standard InChI is InChI=1S/C10H10ClN3O2S/c1-2-6-3-7-9(17-6)12-5-14(10(7)16)13-8(15)4-11/h3,5H,2,4H2,1H3,(H,13,15). The number of amides is 1. The van der Waals surface area contributed by atoms with Crippen LogP contribution < -0.4 is 11.0 Å². The van der Waals surface area contributed by atoms with Crippen molar-refractivity contribution in [2.75, 3.05) is 11.3 Å². The lowest BCUT2D eigenvalue weighted by Gasteiger charge is -2.04. The average Bonchev–Trinajstić information content (AvgIpc) is 2.76. The fraction of sp³-hybridized carbons (Fsp3) is 0.300. The molecule has 1 N–H and O–H groups in total. The lowest BCUT2D eigenvalue weighted by molar-refractivity contribution is -0.114. The maximum Gasteiger partial charge on any atom is 0.280 e. The Bertz CT molecular complexity index is 620. The molecule has 0 saturated carbocycles. The number of rotatable bonds is 3. The molecular weight excluding hydrogens is 262 g/mol. The van der Waals surface area contributed by atoms with Crippen LogP contribution in [0.5, 0.6) is 0 Å². The normalized spacial score (nSPS) is 10.7. The average molecular weight is 272 g/mol. The lowest BCUT2D eigenvalue weighted by Crippen LogP contribution is -2.33. The minimum absolute atomic E-state index is 0.200. The van der Waals surface area contributed by atoms with Crippen LogP contribution in [0.25, 0.3) is 10.2 Å². The van der Waals surface area contributed by atoms with Crippen LogP contribution in [0, 0.1) is 0 Å². The van der Waals surface area contributed by atoms with Crippen molar-refractivity contribution >= 4 is 39.1 Å². The van der Waals surface area contributed by atoms with E-state index in [0.29, 0.717) is 10.2 Å². The first-order valence-electron chi connectivity index (χ1n) is 5.01. The number of halogens is 1. The monoisotopic (exact) mass is 271 g/mol. The van der Waals surface area contributed by atoms with Crippen molar-refractivity contribution in [3.8, 4) is 0 Å². The van der Waals surface area contributed by atoms with E-state index in [0.717, 1.165) is 16.0 Å². The van der Waals surface area contributed by atoms with Gasteiger partial charge in [0.25, 0.3) is 11.5 Å². The number of carbonyl (C=O) groups is 1. The third-order valence-corrected chi connectivity index (χ3v) is 3.65. The molecule has 0 aliphatic heterocycles. The maximum absolute atomic E-state index is 12.0. The summed E-state index contributed by atoms with van der Waals surface area (Å²) in [5, 5.41) is 0.518. The fourth-order valence-electron chi connectivity index (χ4n) is 1.39. The molecule has 2 heterocycles. The second kappa shape index (κ2) is 4.85. The second-order valence-corrected chi connectivity index (χ2v) is 4.76. The molecule has 7 heteroatoms. The van der Waals surface area contributed by atoms with Gasteiger partial charge in [0.05, 0.1) is 5.39 Å². The number of alkyl halides is 1. The molecule has 0 bridgehead atoms. The van der Waals surface area contributed by atoms with Crippen LogP contribution >= 0.6 is 22.9 Å². The van der Waals surface area contributed by atoms with Crippen LogP contribution in [0.1, 0.15) is 11.8 Å². The molecule has 0 aliphatic carbocycles. The van der Waals surface area contributed by atoms with E-state index >= 15 is 0 Å². The highest BCUT2D eigenvalue weighted by Crippen LogP contribution is 2.20. The first kappa shape index (κ1) is 12.1. The summed E-state index contributed by atoms with van der Waals surface area (Å²) in [7, 11) is 0. The van der Waals surface area contributed by atoms with Gasteiger partial charge in [-0.15, -0.1) is 22.9 Å². The number of hydrogen-bond acceptors (Lipinski definition) is 4. The van der Waals surface area contributed by atoms with Gasteiger partial charge in [-0.2, -0.15) is 0 Å². The van der Waals surface area contributed by atoms with E-state index in [1.165, 1.54) is 17.7 Å². The number of hydrogen-bond donors (Lipinski definition) is 1. The zero-order valence-electron chi connectivity index (χ0n) is 9.07. The van der Waals surface area contributed by atoms with E-state index in [4.69, 9.17) is 11.6 Å². The summed E-state index contributed by atoms with van der Waals surface area (Å²) in [6, 6.07) is 1.80. The zero-order valence-corrected chi connectivity index (χ0v) is 10.6. The van der Waals surface area contributed by atoms with E-state index < -0.39 is 5.91 Å². The number of fused-ring (bicyclic) bond motifs is 1. The van der Waals surface area contributed by atoms with Gasteiger partial charge in [-0.25, -0.2) is 9.66 Å². The highest BCUT2D eigenvalue weighted by atomic mass is 35.5. The molecule has 17 heavy (non-hydrogen) atoms. The van der Waals surface area contributed by atoms with Crippen LogP contribution in [0.15, 0.2) is 17.2 Å². The number of carbonyl (C=O) groups excluding carboxylic acids is 1. The Morgan fingerprint density at radius 1 is 1.65 bits per heavy atom. The van der Waals surface area contributed by atoms with Gasteiger partial charge in [0.1, 0.15) is 17.0 Å². The Morgan fingerprint density at radius 2 is 2.41 bits per heavy atom. The van der Waals surface area contributed by atoms with Gasteiger partial charge in [0.15, 0.2) is 0 Å². The topological polar surface area (TPSA) is 64.0 Å². The molecule has 0 fully saturated rings. The van der Waals surface area contributed by atoms with Crippen molar-refractivity contribution in [3.63, 3.8) is 0 Å². The second-order valence-electron chi connectivity index (χ2n) is 3.37. The van der Waals surface area contributed by atoms with Crippen LogP contribution in [-0.2, 0) is 11.2 Å². The molecule has 2 aromatic rings. The molecule has 0 saturated heterocycles. The Labute approximate surface area is 106 Å². The van der Waals surface area contributed by atoms with E-state index in [-0.39, 0.29) is 11.4 Å². The number of thiophene rings is 1. The molecule has 5 nitrogen and oxygen atoms in total. The summed E-state index contributed by atoms with van der Waals surface area (Å²) in [5.41, 5.74) is 2.07. The van der Waals surface area contributed by atoms with Crippen molar-refractivity contribution < 1.29 is 4.79 Å². The van der Waals surface area contributed by atoms with Crippen LogP contribution in [-0.4, -0.2) is 21.4 Å². The third-order valence-electron chi connectivity index (χ3n) is 2.22. The first-order chi connectivity index (χ1) is 8.15. The number of aromatic nitrogens is 2. The largest absolute Gasteiger partial charge is 0.280 e. The summed E-state index contributed by atoms with van der Waals surface area (Å²) in [5.74, 6) is -0.644. The molecule has 2 rings (SSSR count). The van der Waals surface area contributed by atoms with Crippen LogP contribution in [0.2, 0.25) is 0 Å². The fourth-order valence-corrected chi connectivity index (χ4v) is 2.38. The van der Waals surface area contributed by atoms with Crippen LogP contribution in [0.4, 0.5) is 0 Å². The maximum atomic E-state index is 12.0. The highest BCUT2D eigenvalue weighted by molar-refractivity contribution is 7.18. The smallest absolute Gasteiger partial charge is 0.272 e. The van der Waals surface area contributed by atoms with E-state index in [1.807, 2.05) is 6.92 Å². The van der Waals surface area contributed by atoms with Crippen molar-refractivity contribution in [2.45, 2.75) is 13.3 Å². The van der Waals surface area contributed by atoms with Gasteiger partial charge in [0.2, 0.25) is 0 Å². The third kappa shape index (κ3) is 2.32. The molecule has 0 spiro atoms. The zero-order chi connectivity index (χ0) is 12.4. The van der Waals surface area contributed by atoms with Crippen molar-refractivity contribution in [1.29, 1.82) is 0 Å².